The average Bonchev–Trinajstić information content (AvgIpc) is 2.76. The Hall–Kier alpha value is -0.310. The Morgan fingerprint density at radius 3 is 2.91 bits per heavy atom. The summed E-state index contributed by atoms with van der Waals surface area (Å²) >= 11 is 3.43. The van der Waals surface area contributed by atoms with Gasteiger partial charge in [-0.25, -0.2) is 0 Å². The summed E-state index contributed by atoms with van der Waals surface area (Å²) < 4.78 is 5.11. The van der Waals surface area contributed by atoms with Crippen LogP contribution in [0.4, 0.5) is 0 Å². The first-order chi connectivity index (χ1) is 5.33. The van der Waals surface area contributed by atoms with E-state index >= 15 is 0 Å². The van der Waals surface area contributed by atoms with E-state index in [4.69, 9.17) is 4.52 Å². The molecule has 0 aliphatic heterocycles. The highest BCUT2D eigenvalue weighted by atomic mass is 79.9. The average molecular weight is 216 g/mol. The molecule has 11 heavy (non-hydrogen) atoms. The van der Waals surface area contributed by atoms with E-state index in [9.17, 15) is 0 Å². The number of nitrogens with zero attached hydrogens (tertiary/aromatic N) is 1. The Bertz CT molecular complexity index is 265. The number of halogens is 1. The molecule has 1 fully saturated rings. The Balaban J connectivity index is 2.36. The van der Waals surface area contributed by atoms with E-state index in [1.54, 1.807) is 0 Å². The van der Waals surface area contributed by atoms with Gasteiger partial charge >= 0.3 is 0 Å². The Morgan fingerprint density at radius 1 is 1.64 bits per heavy atom. The number of rotatable bonds is 2. The van der Waals surface area contributed by atoms with Crippen molar-refractivity contribution in [2.45, 2.75) is 31.0 Å². The van der Waals surface area contributed by atoms with Gasteiger partial charge in [0.05, 0.1) is 5.69 Å². The molecule has 0 N–H and O–H groups in total. The first-order valence-corrected chi connectivity index (χ1v) is 4.96. The van der Waals surface area contributed by atoms with Crippen LogP contribution >= 0.6 is 15.9 Å². The topological polar surface area (TPSA) is 26.0 Å². The molecule has 0 unspecified atom stereocenters. The molecule has 0 amide bonds. The maximum absolute atomic E-state index is 5.11. The molecule has 0 saturated heterocycles. The van der Waals surface area contributed by atoms with Crippen LogP contribution in [0.15, 0.2) is 4.52 Å². The van der Waals surface area contributed by atoms with Gasteiger partial charge in [-0.3, -0.25) is 0 Å². The van der Waals surface area contributed by atoms with Gasteiger partial charge in [-0.05, 0) is 19.8 Å². The fourth-order valence-electron chi connectivity index (χ4n) is 1.25. The van der Waals surface area contributed by atoms with Gasteiger partial charge in [0.15, 0.2) is 0 Å². The molecule has 1 aromatic rings. The molecule has 0 bridgehead atoms. The van der Waals surface area contributed by atoms with E-state index in [-0.39, 0.29) is 0 Å². The highest BCUT2D eigenvalue weighted by Gasteiger charge is 2.29. The molecule has 1 aromatic heterocycles. The van der Waals surface area contributed by atoms with Crippen LogP contribution in [-0.2, 0) is 5.33 Å². The van der Waals surface area contributed by atoms with Crippen molar-refractivity contribution in [2.75, 3.05) is 0 Å². The van der Waals surface area contributed by atoms with E-state index < -0.39 is 0 Å². The van der Waals surface area contributed by atoms with Crippen LogP contribution in [0.1, 0.15) is 35.8 Å². The summed E-state index contributed by atoms with van der Waals surface area (Å²) in [6, 6.07) is 0. The molecule has 1 heterocycles. The van der Waals surface area contributed by atoms with Crippen LogP contribution < -0.4 is 0 Å². The first-order valence-electron chi connectivity index (χ1n) is 3.84. The van der Waals surface area contributed by atoms with Gasteiger partial charge in [0, 0.05) is 16.8 Å². The minimum absolute atomic E-state index is 0.694. The van der Waals surface area contributed by atoms with Crippen molar-refractivity contribution < 1.29 is 4.52 Å². The summed E-state index contributed by atoms with van der Waals surface area (Å²) in [7, 11) is 0. The van der Waals surface area contributed by atoms with Crippen molar-refractivity contribution in [1.82, 2.24) is 5.16 Å². The Morgan fingerprint density at radius 2 is 2.36 bits per heavy atom. The summed E-state index contributed by atoms with van der Waals surface area (Å²) in [5.41, 5.74) is 2.44. The third kappa shape index (κ3) is 1.22. The number of aromatic nitrogens is 1. The molecular weight excluding hydrogens is 206 g/mol. The second kappa shape index (κ2) is 2.63. The van der Waals surface area contributed by atoms with Crippen molar-refractivity contribution in [3.63, 3.8) is 0 Å². The molecule has 3 heteroatoms. The largest absolute Gasteiger partial charge is 0.361 e. The lowest BCUT2D eigenvalue weighted by atomic mass is 10.1. The van der Waals surface area contributed by atoms with Crippen LogP contribution in [0, 0.1) is 6.92 Å². The van der Waals surface area contributed by atoms with Gasteiger partial charge in [-0.1, -0.05) is 21.1 Å². The standard InChI is InChI=1S/C8H10BrNO/c1-5-7(4-9)8(10-11-5)6-2-3-6/h6H,2-4H2,1H3. The molecule has 0 aromatic carbocycles. The second-order valence-corrected chi connectivity index (χ2v) is 3.57. The summed E-state index contributed by atoms with van der Waals surface area (Å²) in [6.45, 7) is 1.97. The predicted molar refractivity (Wildman–Crippen MR) is 45.8 cm³/mol. The van der Waals surface area contributed by atoms with Gasteiger partial charge in [0.25, 0.3) is 0 Å². The number of alkyl halides is 1. The van der Waals surface area contributed by atoms with E-state index in [0.717, 1.165) is 11.1 Å². The molecule has 2 rings (SSSR count). The number of hydrogen-bond acceptors (Lipinski definition) is 2. The maximum atomic E-state index is 5.11. The van der Waals surface area contributed by atoms with Crippen LogP contribution in [0.25, 0.3) is 0 Å². The SMILES string of the molecule is Cc1onc(C2CC2)c1CBr. The highest BCUT2D eigenvalue weighted by molar-refractivity contribution is 9.08. The first kappa shape index (κ1) is 7.35. The molecule has 1 saturated carbocycles. The molecule has 2 nitrogen and oxygen atoms in total. The quantitative estimate of drug-likeness (QED) is 0.710. The molecule has 0 atom stereocenters. The van der Waals surface area contributed by atoms with Crippen LogP contribution in [0.3, 0.4) is 0 Å². The predicted octanol–water partition coefficient (Wildman–Crippen LogP) is 2.76. The second-order valence-electron chi connectivity index (χ2n) is 3.01. The molecule has 60 valence electrons. The molecular formula is C8H10BrNO. The van der Waals surface area contributed by atoms with Gasteiger partial charge in [-0.15, -0.1) is 0 Å². The normalized spacial score (nSPS) is 17.3. The van der Waals surface area contributed by atoms with Crippen LogP contribution in [0.2, 0.25) is 0 Å². The zero-order chi connectivity index (χ0) is 7.84. The van der Waals surface area contributed by atoms with Crippen molar-refractivity contribution >= 4 is 15.9 Å². The zero-order valence-electron chi connectivity index (χ0n) is 6.43. The van der Waals surface area contributed by atoms with Crippen molar-refractivity contribution in [2.24, 2.45) is 0 Å². The lowest BCUT2D eigenvalue weighted by Crippen LogP contribution is -1.85. The third-order valence-electron chi connectivity index (χ3n) is 2.11. The minimum Gasteiger partial charge on any atom is -0.361 e. The summed E-state index contributed by atoms with van der Waals surface area (Å²) in [6.07, 6.45) is 2.57. The monoisotopic (exact) mass is 215 g/mol. The van der Waals surface area contributed by atoms with Gasteiger partial charge in [0.1, 0.15) is 5.76 Å². The van der Waals surface area contributed by atoms with Crippen molar-refractivity contribution in [3.05, 3.63) is 17.0 Å². The lowest BCUT2D eigenvalue weighted by Gasteiger charge is -1.92. The zero-order valence-corrected chi connectivity index (χ0v) is 8.02. The van der Waals surface area contributed by atoms with Crippen molar-refractivity contribution in [1.29, 1.82) is 0 Å². The fourth-order valence-corrected chi connectivity index (χ4v) is 1.93. The maximum Gasteiger partial charge on any atom is 0.137 e. The molecule has 1 aliphatic carbocycles. The molecule has 1 aliphatic rings. The smallest absolute Gasteiger partial charge is 0.137 e. The third-order valence-corrected chi connectivity index (χ3v) is 2.67. The van der Waals surface area contributed by atoms with E-state index in [0.29, 0.717) is 5.92 Å². The Kier molecular flexibility index (Phi) is 1.75. The lowest BCUT2D eigenvalue weighted by molar-refractivity contribution is 0.390. The van der Waals surface area contributed by atoms with Gasteiger partial charge in [0.2, 0.25) is 0 Å². The summed E-state index contributed by atoms with van der Waals surface area (Å²) in [5, 5.41) is 4.91. The summed E-state index contributed by atoms with van der Waals surface area (Å²) in [5.74, 6) is 1.66. The number of hydrogen-bond donors (Lipinski definition) is 0. The van der Waals surface area contributed by atoms with E-state index in [1.807, 2.05) is 6.92 Å². The highest BCUT2D eigenvalue weighted by Crippen LogP contribution is 2.41. The molecule has 0 radical (unpaired) electrons. The van der Waals surface area contributed by atoms with Crippen LogP contribution in [-0.4, -0.2) is 5.16 Å². The molecule has 0 spiro atoms. The minimum atomic E-state index is 0.694. The van der Waals surface area contributed by atoms with Gasteiger partial charge < -0.3 is 4.52 Å². The van der Waals surface area contributed by atoms with Crippen LogP contribution in [0.5, 0.6) is 0 Å². The van der Waals surface area contributed by atoms with Gasteiger partial charge in [-0.2, -0.15) is 0 Å². The van der Waals surface area contributed by atoms with E-state index in [2.05, 4.69) is 21.1 Å². The number of aryl methyl sites for hydroxylation is 1. The Labute approximate surface area is 74.1 Å². The van der Waals surface area contributed by atoms with E-state index in [1.165, 1.54) is 24.1 Å². The summed E-state index contributed by atoms with van der Waals surface area (Å²) in [4.78, 5) is 0. The van der Waals surface area contributed by atoms with Crippen molar-refractivity contribution in [3.8, 4) is 0 Å². The fraction of sp³-hybridized carbons (Fsp3) is 0.625.